The second-order valence-corrected chi connectivity index (χ2v) is 8.71. The van der Waals surface area contributed by atoms with Crippen LogP contribution < -0.4 is 10.0 Å². The fourth-order valence-electron chi connectivity index (χ4n) is 2.98. The molecule has 0 saturated heterocycles. The molecule has 0 radical (unpaired) electrons. The Kier molecular flexibility index (Phi) is 6.40. The number of aryl methyl sites for hydroxylation is 1. The van der Waals surface area contributed by atoms with Gasteiger partial charge in [0.05, 0.1) is 4.90 Å². The highest BCUT2D eigenvalue weighted by atomic mass is 32.2. The van der Waals surface area contributed by atoms with Gasteiger partial charge in [0, 0.05) is 6.04 Å². The molecular weight excluding hydrogens is 324 g/mol. The first-order valence-electron chi connectivity index (χ1n) is 8.69. The maximum atomic E-state index is 12.6. The summed E-state index contributed by atoms with van der Waals surface area (Å²) in [7, 11) is -3.72. The second-order valence-electron chi connectivity index (χ2n) is 7.00. The van der Waals surface area contributed by atoms with Crippen LogP contribution in [0.2, 0.25) is 0 Å². The summed E-state index contributed by atoms with van der Waals surface area (Å²) in [5, 5.41) is 3.02. The number of hydrogen-bond acceptors (Lipinski definition) is 3. The number of carbonyl (C=O) groups excluding carboxylic acids is 1. The summed E-state index contributed by atoms with van der Waals surface area (Å²) in [4.78, 5) is 12.8. The van der Waals surface area contributed by atoms with Crippen molar-refractivity contribution in [1.82, 2.24) is 10.0 Å². The standard InChI is InChI=1S/C18H28N2O3S/c1-13(2)17(18(21)19-15-7-5-4-6-8-15)20-24(22,23)16-11-9-14(3)10-12-16/h9-13,15,17,20H,4-8H2,1-3H3,(H,19,21)/t17-/m0/s1. The Balaban J connectivity index is 2.09. The van der Waals surface area contributed by atoms with Gasteiger partial charge in [-0.3, -0.25) is 4.79 Å². The molecule has 0 aromatic heterocycles. The number of benzene rings is 1. The average molecular weight is 353 g/mol. The molecule has 134 valence electrons. The molecule has 24 heavy (non-hydrogen) atoms. The maximum absolute atomic E-state index is 12.6. The Labute approximate surface area is 145 Å². The Morgan fingerprint density at radius 1 is 1.08 bits per heavy atom. The van der Waals surface area contributed by atoms with Crippen LogP contribution >= 0.6 is 0 Å². The summed E-state index contributed by atoms with van der Waals surface area (Å²) < 4.78 is 27.7. The minimum atomic E-state index is -3.72. The van der Waals surface area contributed by atoms with Crippen LogP contribution in [0.3, 0.4) is 0 Å². The van der Waals surface area contributed by atoms with E-state index in [4.69, 9.17) is 0 Å². The molecular formula is C18H28N2O3S. The Hall–Kier alpha value is -1.40. The topological polar surface area (TPSA) is 75.3 Å². The van der Waals surface area contributed by atoms with Crippen molar-refractivity contribution in [1.29, 1.82) is 0 Å². The van der Waals surface area contributed by atoms with E-state index in [0.717, 1.165) is 31.2 Å². The van der Waals surface area contributed by atoms with E-state index in [0.29, 0.717) is 0 Å². The van der Waals surface area contributed by atoms with E-state index in [-0.39, 0.29) is 22.8 Å². The number of rotatable bonds is 6. The van der Waals surface area contributed by atoms with Gasteiger partial charge in [0.15, 0.2) is 0 Å². The summed E-state index contributed by atoms with van der Waals surface area (Å²) in [6.45, 7) is 5.60. The third-order valence-electron chi connectivity index (χ3n) is 4.51. The maximum Gasteiger partial charge on any atom is 0.241 e. The monoisotopic (exact) mass is 352 g/mol. The summed E-state index contributed by atoms with van der Waals surface area (Å²) in [6.07, 6.45) is 5.39. The molecule has 1 aliphatic rings. The van der Waals surface area contributed by atoms with Gasteiger partial charge < -0.3 is 5.32 Å². The van der Waals surface area contributed by atoms with Crippen LogP contribution in [0.5, 0.6) is 0 Å². The Morgan fingerprint density at radius 2 is 1.67 bits per heavy atom. The first kappa shape index (κ1) is 18.9. The summed E-state index contributed by atoms with van der Waals surface area (Å²) in [5.74, 6) is -0.360. The van der Waals surface area contributed by atoms with Crippen molar-refractivity contribution in [3.8, 4) is 0 Å². The van der Waals surface area contributed by atoms with Crippen molar-refractivity contribution >= 4 is 15.9 Å². The van der Waals surface area contributed by atoms with Crippen LogP contribution in [0, 0.1) is 12.8 Å². The molecule has 0 aliphatic heterocycles. The molecule has 2 N–H and O–H groups in total. The van der Waals surface area contributed by atoms with E-state index in [2.05, 4.69) is 10.0 Å². The molecule has 6 heteroatoms. The van der Waals surface area contributed by atoms with Gasteiger partial charge in [-0.1, -0.05) is 50.8 Å². The van der Waals surface area contributed by atoms with Crippen LogP contribution in [-0.4, -0.2) is 26.4 Å². The van der Waals surface area contributed by atoms with Crippen LogP contribution in [0.15, 0.2) is 29.2 Å². The molecule has 5 nitrogen and oxygen atoms in total. The van der Waals surface area contributed by atoms with E-state index >= 15 is 0 Å². The lowest BCUT2D eigenvalue weighted by atomic mass is 9.94. The second kappa shape index (κ2) is 8.12. The molecule has 1 aromatic carbocycles. The summed E-state index contributed by atoms with van der Waals surface area (Å²) in [6, 6.07) is 6.03. The number of sulfonamides is 1. The summed E-state index contributed by atoms with van der Waals surface area (Å²) >= 11 is 0. The van der Waals surface area contributed by atoms with Crippen molar-refractivity contribution in [2.75, 3.05) is 0 Å². The third kappa shape index (κ3) is 5.05. The first-order valence-corrected chi connectivity index (χ1v) is 10.2. The zero-order valence-electron chi connectivity index (χ0n) is 14.7. The lowest BCUT2D eigenvalue weighted by Crippen LogP contribution is -2.52. The highest BCUT2D eigenvalue weighted by Crippen LogP contribution is 2.18. The molecule has 2 rings (SSSR count). The van der Waals surface area contributed by atoms with E-state index in [1.54, 1.807) is 24.3 Å². The van der Waals surface area contributed by atoms with Gasteiger partial charge in [0.25, 0.3) is 0 Å². The van der Waals surface area contributed by atoms with Gasteiger partial charge in [-0.15, -0.1) is 0 Å². The lowest BCUT2D eigenvalue weighted by Gasteiger charge is -2.27. The van der Waals surface area contributed by atoms with Crippen molar-refractivity contribution in [2.24, 2.45) is 5.92 Å². The quantitative estimate of drug-likeness (QED) is 0.826. The van der Waals surface area contributed by atoms with Crippen molar-refractivity contribution < 1.29 is 13.2 Å². The van der Waals surface area contributed by atoms with Gasteiger partial charge in [0.2, 0.25) is 15.9 Å². The molecule has 0 unspecified atom stereocenters. The number of carbonyl (C=O) groups is 1. The van der Waals surface area contributed by atoms with Crippen LogP contribution in [0.1, 0.15) is 51.5 Å². The van der Waals surface area contributed by atoms with Crippen LogP contribution in [0.25, 0.3) is 0 Å². The number of amides is 1. The van der Waals surface area contributed by atoms with E-state index in [9.17, 15) is 13.2 Å². The third-order valence-corrected chi connectivity index (χ3v) is 5.97. The molecule has 1 aromatic rings. The molecule has 1 atom stereocenters. The van der Waals surface area contributed by atoms with Crippen molar-refractivity contribution in [3.05, 3.63) is 29.8 Å². The fourth-order valence-corrected chi connectivity index (χ4v) is 4.33. The Morgan fingerprint density at radius 3 is 2.21 bits per heavy atom. The van der Waals surface area contributed by atoms with Crippen LogP contribution in [0.4, 0.5) is 0 Å². The number of nitrogens with one attached hydrogen (secondary N) is 2. The largest absolute Gasteiger partial charge is 0.352 e. The van der Waals surface area contributed by atoms with Gasteiger partial charge in [-0.25, -0.2) is 8.42 Å². The van der Waals surface area contributed by atoms with E-state index in [1.165, 1.54) is 6.42 Å². The van der Waals surface area contributed by atoms with Crippen molar-refractivity contribution in [2.45, 2.75) is 69.9 Å². The van der Waals surface area contributed by atoms with Gasteiger partial charge in [-0.05, 0) is 37.8 Å². The molecule has 1 fully saturated rings. The van der Waals surface area contributed by atoms with Crippen molar-refractivity contribution in [3.63, 3.8) is 0 Å². The predicted molar refractivity (Wildman–Crippen MR) is 95.1 cm³/mol. The van der Waals surface area contributed by atoms with Gasteiger partial charge in [0.1, 0.15) is 6.04 Å². The molecule has 1 aliphatic carbocycles. The Bertz CT molecular complexity index is 647. The minimum absolute atomic E-state index is 0.131. The predicted octanol–water partition coefficient (Wildman–Crippen LogP) is 2.75. The molecule has 0 spiro atoms. The van der Waals surface area contributed by atoms with E-state index in [1.807, 2.05) is 20.8 Å². The minimum Gasteiger partial charge on any atom is -0.352 e. The van der Waals surface area contributed by atoms with Gasteiger partial charge in [-0.2, -0.15) is 4.72 Å². The lowest BCUT2D eigenvalue weighted by molar-refractivity contribution is -0.124. The fraction of sp³-hybridized carbons (Fsp3) is 0.611. The number of hydrogen-bond donors (Lipinski definition) is 2. The summed E-state index contributed by atoms with van der Waals surface area (Å²) in [5.41, 5.74) is 0.990. The average Bonchev–Trinajstić information content (AvgIpc) is 2.53. The van der Waals surface area contributed by atoms with Crippen LogP contribution in [-0.2, 0) is 14.8 Å². The highest BCUT2D eigenvalue weighted by molar-refractivity contribution is 7.89. The smallest absolute Gasteiger partial charge is 0.241 e. The molecule has 0 bridgehead atoms. The zero-order chi connectivity index (χ0) is 17.7. The van der Waals surface area contributed by atoms with E-state index < -0.39 is 16.1 Å². The zero-order valence-corrected chi connectivity index (χ0v) is 15.5. The molecule has 1 saturated carbocycles. The first-order chi connectivity index (χ1) is 11.3. The highest BCUT2D eigenvalue weighted by Gasteiger charge is 2.29. The normalized spacial score (nSPS) is 17.7. The molecule has 0 heterocycles. The SMILES string of the molecule is Cc1ccc(S(=O)(=O)N[C@H](C(=O)NC2CCCCC2)C(C)C)cc1. The molecule has 1 amide bonds. The van der Waals surface area contributed by atoms with Gasteiger partial charge >= 0.3 is 0 Å².